The molecule has 6 N–H and O–H groups in total. The van der Waals surface area contributed by atoms with Crippen molar-refractivity contribution in [3.8, 4) is 0 Å². The molecule has 342 valence electrons. The average molecular weight is 849 g/mol. The number of carbonyl (C=O) groups excluding carboxylic acids is 1. The Kier molecular flexibility index (Phi) is 34.5. The van der Waals surface area contributed by atoms with Gasteiger partial charge in [-0.1, -0.05) is 167 Å². The average Bonchev–Trinajstić information content (AvgIpc) is 3.21. The van der Waals surface area contributed by atoms with Crippen LogP contribution >= 0.6 is 7.82 Å². The lowest BCUT2D eigenvalue weighted by atomic mass is 9.85. The molecule has 12 nitrogen and oxygen atoms in total. The molecule has 58 heavy (non-hydrogen) atoms. The minimum absolute atomic E-state index is 0.0770. The fraction of sp³-hybridized carbons (Fsp3) is 0.889. The fourth-order valence-corrected chi connectivity index (χ4v) is 8.06. The molecule has 0 aromatic carbocycles. The number of unbranched alkanes of at least 4 members (excludes halogenated alkanes) is 23. The summed E-state index contributed by atoms with van der Waals surface area (Å²) in [6.45, 7) is 4.23. The Balaban J connectivity index is 2.38. The maximum atomic E-state index is 12.8. The number of hydrogen-bond acceptors (Lipinski definition) is 11. The zero-order valence-electron chi connectivity index (χ0n) is 36.4. The SMILES string of the molecule is CCCCC/C=C\C/C=C\CCCCCCCCCCOCC(COP(=O)(O)OC1C(O)C(O)C(O)C(O)C1O)OC(=O)CCCCCCCCCCCCCCC. The van der Waals surface area contributed by atoms with Gasteiger partial charge in [-0.2, -0.15) is 0 Å². The number of rotatable bonds is 39. The molecule has 6 unspecified atom stereocenters. The molecule has 0 aliphatic heterocycles. The van der Waals surface area contributed by atoms with E-state index < -0.39 is 63.1 Å². The van der Waals surface area contributed by atoms with E-state index >= 15 is 0 Å². The third-order valence-electron chi connectivity index (χ3n) is 10.8. The molecule has 0 aromatic heterocycles. The van der Waals surface area contributed by atoms with E-state index in [4.69, 9.17) is 18.5 Å². The van der Waals surface area contributed by atoms with Gasteiger partial charge < -0.3 is 39.9 Å². The van der Waals surface area contributed by atoms with Gasteiger partial charge in [0.25, 0.3) is 0 Å². The van der Waals surface area contributed by atoms with Crippen LogP contribution in [-0.4, -0.2) is 98.9 Å². The standard InChI is InChI=1S/C45H85O12P/c1-3-5-7-9-11-13-15-17-18-19-20-21-23-25-27-29-31-33-35-54-36-38(37-55-58(52,53)57-45-43(50)41(48)40(47)42(49)44(45)51)56-39(46)34-32-30-28-26-24-22-16-14-12-10-8-6-4-2/h11,13,17-18,38,40-45,47-51H,3-10,12,14-16,19-37H2,1-2H3,(H,52,53)/b13-11-,18-17-. The third kappa shape index (κ3) is 28.4. The number of ether oxygens (including phenoxy) is 2. The zero-order chi connectivity index (χ0) is 42.7. The minimum Gasteiger partial charge on any atom is -0.457 e. The van der Waals surface area contributed by atoms with Gasteiger partial charge in [0, 0.05) is 13.0 Å². The molecule has 0 bridgehead atoms. The second kappa shape index (κ2) is 36.5. The molecule has 1 fully saturated rings. The van der Waals surface area contributed by atoms with Crippen LogP contribution in [-0.2, 0) is 27.9 Å². The summed E-state index contributed by atoms with van der Waals surface area (Å²) in [5.74, 6) is -0.478. The smallest absolute Gasteiger partial charge is 0.457 e. The van der Waals surface area contributed by atoms with Crippen LogP contribution in [0.3, 0.4) is 0 Å². The van der Waals surface area contributed by atoms with Crippen molar-refractivity contribution < 1.29 is 58.3 Å². The van der Waals surface area contributed by atoms with Crippen molar-refractivity contribution in [1.29, 1.82) is 0 Å². The van der Waals surface area contributed by atoms with Crippen molar-refractivity contribution in [2.45, 2.75) is 236 Å². The number of phosphoric acid groups is 1. The van der Waals surface area contributed by atoms with E-state index in [-0.39, 0.29) is 13.0 Å². The number of aliphatic hydroxyl groups excluding tert-OH is 5. The molecule has 13 heteroatoms. The van der Waals surface area contributed by atoms with Crippen LogP contribution in [0, 0.1) is 0 Å². The fourth-order valence-electron chi connectivity index (χ4n) is 7.09. The summed E-state index contributed by atoms with van der Waals surface area (Å²) in [7, 11) is -5.01. The summed E-state index contributed by atoms with van der Waals surface area (Å²) < 4.78 is 34.2. The molecule has 0 amide bonds. The van der Waals surface area contributed by atoms with E-state index in [0.717, 1.165) is 57.8 Å². The Labute approximate surface area is 351 Å². The van der Waals surface area contributed by atoms with Crippen molar-refractivity contribution >= 4 is 13.8 Å². The van der Waals surface area contributed by atoms with Crippen molar-refractivity contribution in [3.05, 3.63) is 24.3 Å². The molecule has 6 atom stereocenters. The van der Waals surface area contributed by atoms with Gasteiger partial charge in [0.1, 0.15) is 42.7 Å². The minimum atomic E-state index is -5.01. The normalized spacial score (nSPS) is 22.8. The second-order valence-electron chi connectivity index (χ2n) is 16.3. The molecule has 0 aromatic rings. The highest BCUT2D eigenvalue weighted by atomic mass is 31.2. The van der Waals surface area contributed by atoms with Crippen LogP contribution in [0.25, 0.3) is 0 Å². The van der Waals surface area contributed by atoms with Gasteiger partial charge in [0.15, 0.2) is 0 Å². The molecular formula is C45H85O12P. The predicted octanol–water partition coefficient (Wildman–Crippen LogP) is 9.31. The molecule has 1 aliphatic carbocycles. The lowest BCUT2D eigenvalue weighted by Gasteiger charge is -2.41. The van der Waals surface area contributed by atoms with Crippen LogP contribution in [0.4, 0.5) is 0 Å². The molecule has 1 aliphatic rings. The van der Waals surface area contributed by atoms with Crippen LogP contribution < -0.4 is 0 Å². The summed E-state index contributed by atoms with van der Waals surface area (Å²) >= 11 is 0. The number of phosphoric ester groups is 1. The van der Waals surface area contributed by atoms with Crippen molar-refractivity contribution in [3.63, 3.8) is 0 Å². The number of allylic oxidation sites excluding steroid dienone is 4. The van der Waals surface area contributed by atoms with Gasteiger partial charge in [-0.3, -0.25) is 13.8 Å². The van der Waals surface area contributed by atoms with E-state index in [0.29, 0.717) is 13.0 Å². The van der Waals surface area contributed by atoms with E-state index in [9.17, 15) is 39.8 Å². The Morgan fingerprint density at radius 3 is 1.48 bits per heavy atom. The third-order valence-corrected chi connectivity index (χ3v) is 11.8. The highest BCUT2D eigenvalue weighted by Crippen LogP contribution is 2.47. The lowest BCUT2D eigenvalue weighted by molar-refractivity contribution is -0.220. The van der Waals surface area contributed by atoms with Crippen molar-refractivity contribution in [1.82, 2.24) is 0 Å². The first-order chi connectivity index (χ1) is 28.0. The molecule has 1 rings (SSSR count). The van der Waals surface area contributed by atoms with Crippen LogP contribution in [0.15, 0.2) is 24.3 Å². The maximum absolute atomic E-state index is 12.8. The number of aliphatic hydroxyl groups is 5. The van der Waals surface area contributed by atoms with Gasteiger partial charge in [-0.05, 0) is 44.9 Å². The summed E-state index contributed by atoms with van der Waals surface area (Å²) in [5.41, 5.74) is 0. The zero-order valence-corrected chi connectivity index (χ0v) is 37.2. The largest absolute Gasteiger partial charge is 0.472 e. The van der Waals surface area contributed by atoms with E-state index in [1.165, 1.54) is 109 Å². The van der Waals surface area contributed by atoms with Gasteiger partial charge in [0.05, 0.1) is 13.2 Å². The van der Waals surface area contributed by atoms with E-state index in [2.05, 4.69) is 38.2 Å². The van der Waals surface area contributed by atoms with Crippen LogP contribution in [0.1, 0.15) is 194 Å². The Morgan fingerprint density at radius 1 is 0.552 bits per heavy atom. The predicted molar refractivity (Wildman–Crippen MR) is 230 cm³/mol. The maximum Gasteiger partial charge on any atom is 0.472 e. The van der Waals surface area contributed by atoms with Crippen molar-refractivity contribution in [2.24, 2.45) is 0 Å². The number of esters is 1. The Morgan fingerprint density at radius 2 is 0.966 bits per heavy atom. The topological polar surface area (TPSA) is 192 Å². The molecule has 1 saturated carbocycles. The van der Waals surface area contributed by atoms with Gasteiger partial charge >= 0.3 is 13.8 Å². The highest BCUT2D eigenvalue weighted by Gasteiger charge is 2.51. The first-order valence-electron chi connectivity index (χ1n) is 23.2. The first-order valence-corrected chi connectivity index (χ1v) is 24.7. The van der Waals surface area contributed by atoms with Gasteiger partial charge in [0.2, 0.25) is 0 Å². The number of hydrogen-bond donors (Lipinski definition) is 6. The summed E-state index contributed by atoms with van der Waals surface area (Å²) in [5, 5.41) is 50.1. The summed E-state index contributed by atoms with van der Waals surface area (Å²) in [6, 6.07) is 0. The van der Waals surface area contributed by atoms with Crippen LogP contribution in [0.2, 0.25) is 0 Å². The molecule has 0 saturated heterocycles. The summed E-state index contributed by atoms with van der Waals surface area (Å²) in [4.78, 5) is 23.1. The lowest BCUT2D eigenvalue weighted by Crippen LogP contribution is -2.64. The monoisotopic (exact) mass is 849 g/mol. The summed E-state index contributed by atoms with van der Waals surface area (Å²) in [6.07, 6.45) is 28.1. The highest BCUT2D eigenvalue weighted by molar-refractivity contribution is 7.47. The van der Waals surface area contributed by atoms with E-state index in [1.54, 1.807) is 0 Å². The number of carbonyl (C=O) groups is 1. The second-order valence-corrected chi connectivity index (χ2v) is 17.7. The van der Waals surface area contributed by atoms with Gasteiger partial charge in [-0.15, -0.1) is 0 Å². The van der Waals surface area contributed by atoms with E-state index in [1.807, 2.05) is 0 Å². The molecule has 0 radical (unpaired) electrons. The first kappa shape index (κ1) is 54.8. The molecule has 0 spiro atoms. The van der Waals surface area contributed by atoms with Gasteiger partial charge in [-0.25, -0.2) is 4.57 Å². The Hall–Kier alpha value is -1.18. The molecular weight excluding hydrogens is 763 g/mol. The van der Waals surface area contributed by atoms with Crippen LogP contribution in [0.5, 0.6) is 0 Å². The molecule has 0 heterocycles. The van der Waals surface area contributed by atoms with Crippen molar-refractivity contribution in [2.75, 3.05) is 19.8 Å². The Bertz CT molecular complexity index is 1060. The quantitative estimate of drug-likeness (QED) is 0.0149.